The minimum absolute atomic E-state index is 0.0226. The monoisotopic (exact) mass is 179 g/mol. The van der Waals surface area contributed by atoms with Crippen molar-refractivity contribution in [1.82, 2.24) is 0 Å². The van der Waals surface area contributed by atoms with Crippen molar-refractivity contribution in [1.29, 1.82) is 0 Å². The van der Waals surface area contributed by atoms with Crippen LogP contribution in [0.25, 0.3) is 0 Å². The summed E-state index contributed by atoms with van der Waals surface area (Å²) in [5, 5.41) is 17.3. The van der Waals surface area contributed by atoms with Crippen LogP contribution >= 0.6 is 0 Å². The predicted molar refractivity (Wildman–Crippen MR) is 34.8 cm³/mol. The van der Waals surface area contributed by atoms with Gasteiger partial charge in [-0.15, -0.1) is 20.2 Å². The first-order valence-corrected chi connectivity index (χ1v) is 2.94. The molecule has 12 heavy (non-hydrogen) atoms. The van der Waals surface area contributed by atoms with Gasteiger partial charge in [0.25, 0.3) is 10.2 Å². The molecule has 1 radical (unpaired) electrons. The second kappa shape index (κ2) is 5.10. The van der Waals surface area contributed by atoms with Gasteiger partial charge in [0.1, 0.15) is 12.7 Å². The van der Waals surface area contributed by atoms with Crippen LogP contribution in [0.4, 0.5) is 0 Å². The third kappa shape index (κ3) is 5.21. The van der Waals surface area contributed by atoms with Crippen LogP contribution in [0.5, 0.6) is 0 Å². The van der Waals surface area contributed by atoms with E-state index < -0.39 is 22.9 Å². The van der Waals surface area contributed by atoms with Crippen LogP contribution in [-0.4, -0.2) is 22.9 Å². The summed E-state index contributed by atoms with van der Waals surface area (Å²) in [6, 6.07) is 0. The van der Waals surface area contributed by atoms with Crippen LogP contribution in [0, 0.1) is 27.2 Å². The third-order valence-electron chi connectivity index (χ3n) is 0.923. The lowest BCUT2D eigenvalue weighted by molar-refractivity contribution is -0.789. The summed E-state index contributed by atoms with van der Waals surface area (Å²) in [6.07, 6.45) is -0.972. The van der Waals surface area contributed by atoms with E-state index in [1.807, 2.05) is 0 Å². The van der Waals surface area contributed by atoms with Gasteiger partial charge in [0.15, 0.2) is 0 Å². The van der Waals surface area contributed by atoms with Crippen LogP contribution in [0.15, 0.2) is 0 Å². The highest BCUT2D eigenvalue weighted by molar-refractivity contribution is 4.54. The first-order valence-electron chi connectivity index (χ1n) is 2.94. The molecule has 0 fully saturated rings. The first-order chi connectivity index (χ1) is 5.56. The molecule has 1 unspecified atom stereocenters. The van der Waals surface area contributed by atoms with E-state index in [1.165, 1.54) is 0 Å². The number of hydrogen-bond acceptors (Lipinski definition) is 6. The Morgan fingerprint density at radius 2 is 1.92 bits per heavy atom. The van der Waals surface area contributed by atoms with E-state index in [9.17, 15) is 20.2 Å². The van der Waals surface area contributed by atoms with Gasteiger partial charge in [0.2, 0.25) is 0 Å². The lowest BCUT2D eigenvalue weighted by Crippen LogP contribution is -2.23. The topological polar surface area (TPSA) is 105 Å². The summed E-state index contributed by atoms with van der Waals surface area (Å²) in [5.74, 6) is 0. The smallest absolute Gasteiger partial charge is 0.294 e. The summed E-state index contributed by atoms with van der Waals surface area (Å²) in [4.78, 5) is 27.2. The predicted octanol–water partition coefficient (Wildman–Crippen LogP) is -0.00421. The zero-order valence-electron chi connectivity index (χ0n) is 6.04. The molecule has 0 saturated carbocycles. The Labute approximate surface area is 67.3 Å². The number of nitrogens with zero attached hydrogens (tertiary/aromatic N) is 2. The second-order valence-electron chi connectivity index (χ2n) is 1.76. The van der Waals surface area contributed by atoms with E-state index >= 15 is 0 Å². The molecule has 0 aliphatic carbocycles. The van der Waals surface area contributed by atoms with Gasteiger partial charge in [-0.25, -0.2) is 0 Å². The summed E-state index contributed by atoms with van der Waals surface area (Å²) >= 11 is 0. The Hall–Kier alpha value is -1.60. The van der Waals surface area contributed by atoms with E-state index in [0.717, 1.165) is 0 Å². The maximum atomic E-state index is 9.74. The van der Waals surface area contributed by atoms with Gasteiger partial charge in [0.05, 0.1) is 0 Å². The summed E-state index contributed by atoms with van der Waals surface area (Å²) < 4.78 is 0. The van der Waals surface area contributed by atoms with Crippen molar-refractivity contribution in [2.75, 3.05) is 6.61 Å². The zero-order valence-corrected chi connectivity index (χ0v) is 6.04. The molecule has 0 amide bonds. The molecule has 0 spiro atoms. The molecule has 8 heteroatoms. The lowest BCUT2D eigenvalue weighted by Gasteiger charge is -2.09. The largest absolute Gasteiger partial charge is 0.312 e. The van der Waals surface area contributed by atoms with Gasteiger partial charge >= 0.3 is 0 Å². The van der Waals surface area contributed by atoms with Crippen molar-refractivity contribution in [2.45, 2.75) is 12.5 Å². The third-order valence-corrected chi connectivity index (χ3v) is 0.923. The first kappa shape index (κ1) is 10.4. The highest BCUT2D eigenvalue weighted by Crippen LogP contribution is 1.98. The van der Waals surface area contributed by atoms with Crippen LogP contribution in [0.2, 0.25) is 0 Å². The van der Waals surface area contributed by atoms with Gasteiger partial charge in [0, 0.05) is 0 Å². The summed E-state index contributed by atoms with van der Waals surface area (Å²) in [5.41, 5.74) is 0. The fourth-order valence-electron chi connectivity index (χ4n) is 0.432. The Kier molecular flexibility index (Phi) is 4.42. The molecule has 1 atom stereocenters. The maximum Gasteiger partial charge on any atom is 0.294 e. The lowest BCUT2D eigenvalue weighted by atomic mass is 10.3. The van der Waals surface area contributed by atoms with E-state index in [2.05, 4.69) is 16.6 Å². The average Bonchev–Trinajstić information content (AvgIpc) is 1.97. The van der Waals surface area contributed by atoms with Gasteiger partial charge in [-0.2, -0.15) is 0 Å². The van der Waals surface area contributed by atoms with Crippen LogP contribution in [-0.2, 0) is 9.68 Å². The Balaban J connectivity index is 3.67. The molecule has 0 heterocycles. The van der Waals surface area contributed by atoms with Crippen molar-refractivity contribution in [3.8, 4) is 0 Å². The molecule has 8 nitrogen and oxygen atoms in total. The van der Waals surface area contributed by atoms with E-state index in [-0.39, 0.29) is 6.42 Å². The molecule has 0 aliphatic heterocycles. The van der Waals surface area contributed by atoms with Gasteiger partial charge in [-0.3, -0.25) is 0 Å². The normalized spacial score (nSPS) is 11.8. The Morgan fingerprint density at radius 3 is 2.25 bits per heavy atom. The molecule has 0 rings (SSSR count). The van der Waals surface area contributed by atoms with Gasteiger partial charge in [-0.05, 0) is 6.42 Å². The van der Waals surface area contributed by atoms with Crippen molar-refractivity contribution in [3.05, 3.63) is 27.2 Å². The molecule has 0 N–H and O–H groups in total. The molecule has 0 aromatic heterocycles. The Morgan fingerprint density at radius 1 is 1.33 bits per heavy atom. The van der Waals surface area contributed by atoms with Crippen LogP contribution in [0.1, 0.15) is 6.42 Å². The van der Waals surface area contributed by atoms with E-state index in [1.54, 1.807) is 0 Å². The molecule has 0 bridgehead atoms. The summed E-state index contributed by atoms with van der Waals surface area (Å²) in [7, 11) is 0. The highest BCUT2D eigenvalue weighted by Gasteiger charge is 2.12. The molecule has 69 valence electrons. The SMILES string of the molecule is [CH2]CC(CO[N+](=O)[O-])O[N+](=O)[O-]. The molecular weight excluding hydrogens is 172 g/mol. The van der Waals surface area contributed by atoms with Gasteiger partial charge in [-0.1, -0.05) is 6.92 Å². The fraction of sp³-hybridized carbons (Fsp3) is 0.750. The molecule has 0 saturated heterocycles. The van der Waals surface area contributed by atoms with Crippen molar-refractivity contribution < 1.29 is 19.8 Å². The molecule has 0 aromatic rings. The molecule has 0 aliphatic rings. The summed E-state index contributed by atoms with van der Waals surface area (Å²) in [6.45, 7) is 2.80. The van der Waals surface area contributed by atoms with Crippen molar-refractivity contribution in [2.24, 2.45) is 0 Å². The van der Waals surface area contributed by atoms with E-state index in [4.69, 9.17) is 0 Å². The number of rotatable bonds is 6. The average molecular weight is 179 g/mol. The highest BCUT2D eigenvalue weighted by atomic mass is 17.0. The number of hydrogen-bond donors (Lipinski definition) is 0. The van der Waals surface area contributed by atoms with Crippen LogP contribution < -0.4 is 0 Å². The maximum absolute atomic E-state index is 9.74. The van der Waals surface area contributed by atoms with E-state index in [0.29, 0.717) is 0 Å². The molecule has 0 aromatic carbocycles. The second-order valence-corrected chi connectivity index (χ2v) is 1.76. The minimum Gasteiger partial charge on any atom is -0.312 e. The zero-order chi connectivity index (χ0) is 9.56. The van der Waals surface area contributed by atoms with Crippen molar-refractivity contribution >= 4 is 0 Å². The standard InChI is InChI=1S/C4H7N2O6/c1-2-4(12-6(9)10)3-11-5(7)8/h4H,1-3H2. The Bertz CT molecular complexity index is 171. The minimum atomic E-state index is -1.05. The van der Waals surface area contributed by atoms with Crippen molar-refractivity contribution in [3.63, 3.8) is 0 Å². The van der Waals surface area contributed by atoms with Gasteiger partial charge < -0.3 is 9.68 Å². The molecular formula is C4H7N2O6. The van der Waals surface area contributed by atoms with Crippen LogP contribution in [0.3, 0.4) is 0 Å². The fourth-order valence-corrected chi connectivity index (χ4v) is 0.432. The quantitative estimate of drug-likeness (QED) is 0.419.